The minimum atomic E-state index is -4.34. The zero-order valence-electron chi connectivity index (χ0n) is 10.9. The van der Waals surface area contributed by atoms with Crippen molar-refractivity contribution in [1.82, 2.24) is 4.31 Å². The van der Waals surface area contributed by atoms with E-state index in [-0.39, 0.29) is 25.4 Å². The highest BCUT2D eigenvalue weighted by atomic mass is 32.2. The van der Waals surface area contributed by atoms with Gasteiger partial charge in [0, 0.05) is 25.9 Å². The molecule has 5 nitrogen and oxygen atoms in total. The number of halogens is 3. The number of alkyl halides is 3. The minimum absolute atomic E-state index is 0.0212. The fourth-order valence-corrected chi connectivity index (χ4v) is 3.79. The summed E-state index contributed by atoms with van der Waals surface area (Å²) in [6, 6.07) is 0. The highest BCUT2D eigenvalue weighted by Crippen LogP contribution is 2.26. The summed E-state index contributed by atoms with van der Waals surface area (Å²) < 4.78 is 60.8. The van der Waals surface area contributed by atoms with Gasteiger partial charge in [-0.15, -0.1) is 0 Å². The SMILES string of the molecule is O=C(O)CCC1CCN(S(=O)(=O)CCCC(F)(F)F)C1. The highest BCUT2D eigenvalue weighted by molar-refractivity contribution is 7.89. The number of carboxylic acid groups (broad SMARTS) is 1. The van der Waals surface area contributed by atoms with Gasteiger partial charge in [0.1, 0.15) is 0 Å². The van der Waals surface area contributed by atoms with Crippen LogP contribution in [0.25, 0.3) is 0 Å². The molecule has 20 heavy (non-hydrogen) atoms. The average molecular weight is 317 g/mol. The minimum Gasteiger partial charge on any atom is -0.481 e. The molecule has 1 unspecified atom stereocenters. The number of hydrogen-bond acceptors (Lipinski definition) is 3. The Balaban J connectivity index is 2.40. The first-order valence-electron chi connectivity index (χ1n) is 6.36. The summed E-state index contributed by atoms with van der Waals surface area (Å²) >= 11 is 0. The van der Waals surface area contributed by atoms with Crippen LogP contribution in [0.1, 0.15) is 32.1 Å². The maximum Gasteiger partial charge on any atom is 0.389 e. The number of aliphatic carboxylic acids is 1. The van der Waals surface area contributed by atoms with Crippen LogP contribution < -0.4 is 0 Å². The molecule has 1 aliphatic heterocycles. The van der Waals surface area contributed by atoms with Crippen molar-refractivity contribution in [3.05, 3.63) is 0 Å². The van der Waals surface area contributed by atoms with Gasteiger partial charge in [-0.25, -0.2) is 12.7 Å². The third kappa shape index (κ3) is 6.08. The molecule has 0 radical (unpaired) electrons. The van der Waals surface area contributed by atoms with E-state index in [1.165, 1.54) is 4.31 Å². The zero-order chi connectivity index (χ0) is 15.4. The van der Waals surface area contributed by atoms with Crippen molar-refractivity contribution in [2.24, 2.45) is 5.92 Å². The van der Waals surface area contributed by atoms with Gasteiger partial charge in [0.25, 0.3) is 0 Å². The number of sulfonamides is 1. The molecule has 0 saturated carbocycles. The Hall–Kier alpha value is -0.830. The summed E-state index contributed by atoms with van der Waals surface area (Å²) in [6.07, 6.45) is -4.96. The van der Waals surface area contributed by atoms with Gasteiger partial charge in [0.05, 0.1) is 5.75 Å². The van der Waals surface area contributed by atoms with E-state index in [1.54, 1.807) is 0 Å². The van der Waals surface area contributed by atoms with Crippen LogP contribution in [-0.4, -0.2) is 48.8 Å². The molecule has 1 atom stereocenters. The van der Waals surface area contributed by atoms with Gasteiger partial charge in [-0.05, 0) is 25.2 Å². The van der Waals surface area contributed by atoms with Crippen LogP contribution in [0.5, 0.6) is 0 Å². The van der Waals surface area contributed by atoms with E-state index in [2.05, 4.69) is 0 Å². The summed E-state index contributed by atoms with van der Waals surface area (Å²) in [7, 11) is -3.67. The van der Waals surface area contributed by atoms with E-state index in [9.17, 15) is 26.4 Å². The monoisotopic (exact) mass is 317 g/mol. The lowest BCUT2D eigenvalue weighted by Gasteiger charge is -2.16. The van der Waals surface area contributed by atoms with E-state index >= 15 is 0 Å². The summed E-state index contributed by atoms with van der Waals surface area (Å²) in [5, 5.41) is 8.55. The van der Waals surface area contributed by atoms with Gasteiger partial charge >= 0.3 is 12.1 Å². The van der Waals surface area contributed by atoms with E-state index in [1.807, 2.05) is 0 Å². The second-order valence-corrected chi connectivity index (χ2v) is 7.07. The normalized spacial score (nSPS) is 21.2. The fraction of sp³-hybridized carbons (Fsp3) is 0.909. The van der Waals surface area contributed by atoms with E-state index in [0.717, 1.165) is 0 Å². The van der Waals surface area contributed by atoms with Crippen molar-refractivity contribution in [2.45, 2.75) is 38.3 Å². The van der Waals surface area contributed by atoms with Gasteiger partial charge in [-0.1, -0.05) is 0 Å². The van der Waals surface area contributed by atoms with Gasteiger partial charge in [0.15, 0.2) is 0 Å². The Kier molecular flexibility index (Phi) is 5.81. The van der Waals surface area contributed by atoms with Gasteiger partial charge < -0.3 is 5.11 Å². The topological polar surface area (TPSA) is 74.7 Å². The van der Waals surface area contributed by atoms with Crippen molar-refractivity contribution < 1.29 is 31.5 Å². The lowest BCUT2D eigenvalue weighted by molar-refractivity contribution is -0.137. The third-order valence-corrected chi connectivity index (χ3v) is 5.19. The fourth-order valence-electron chi connectivity index (χ4n) is 2.20. The molecule has 0 aliphatic carbocycles. The third-order valence-electron chi connectivity index (χ3n) is 3.27. The molecule has 0 aromatic carbocycles. The molecule has 9 heteroatoms. The Morgan fingerprint density at radius 2 is 2.00 bits per heavy atom. The summed E-state index contributed by atoms with van der Waals surface area (Å²) in [5.74, 6) is -1.47. The van der Waals surface area contributed by atoms with Gasteiger partial charge in [0.2, 0.25) is 10.0 Å². The highest BCUT2D eigenvalue weighted by Gasteiger charge is 2.33. The number of nitrogens with zero attached hydrogens (tertiary/aromatic N) is 1. The molecular formula is C11H18F3NO4S. The molecule has 0 aromatic rings. The van der Waals surface area contributed by atoms with Crippen molar-refractivity contribution in [3.8, 4) is 0 Å². The summed E-state index contributed by atoms with van der Waals surface area (Å²) in [4.78, 5) is 10.4. The summed E-state index contributed by atoms with van der Waals surface area (Å²) in [6.45, 7) is 0.472. The molecule has 0 bridgehead atoms. The van der Waals surface area contributed by atoms with Crippen LogP contribution in [0, 0.1) is 5.92 Å². The number of hydrogen-bond donors (Lipinski definition) is 1. The molecule has 1 saturated heterocycles. The second kappa shape index (κ2) is 6.75. The number of carbonyl (C=O) groups is 1. The Bertz CT molecular complexity index is 435. The first kappa shape index (κ1) is 17.2. The van der Waals surface area contributed by atoms with Crippen LogP contribution in [0.2, 0.25) is 0 Å². The molecule has 1 fully saturated rings. The average Bonchev–Trinajstić information content (AvgIpc) is 2.73. The molecule has 1 rings (SSSR count). The number of carboxylic acids is 1. The van der Waals surface area contributed by atoms with E-state index < -0.39 is 40.8 Å². The van der Waals surface area contributed by atoms with Gasteiger partial charge in [-0.2, -0.15) is 13.2 Å². The largest absolute Gasteiger partial charge is 0.481 e. The standard InChI is InChI=1S/C11H18F3NO4S/c12-11(13,14)5-1-7-20(18,19)15-6-4-9(8-15)2-3-10(16)17/h9H,1-8H2,(H,16,17). The van der Waals surface area contributed by atoms with E-state index in [0.29, 0.717) is 12.8 Å². The maximum atomic E-state index is 12.0. The smallest absolute Gasteiger partial charge is 0.389 e. The van der Waals surface area contributed by atoms with Crippen LogP contribution in [-0.2, 0) is 14.8 Å². The maximum absolute atomic E-state index is 12.0. The molecule has 1 N–H and O–H groups in total. The van der Waals surface area contributed by atoms with Crippen molar-refractivity contribution in [3.63, 3.8) is 0 Å². The molecule has 118 valence electrons. The quantitative estimate of drug-likeness (QED) is 0.777. The molecular weight excluding hydrogens is 299 g/mol. The van der Waals surface area contributed by atoms with Crippen LogP contribution in [0.3, 0.4) is 0 Å². The van der Waals surface area contributed by atoms with Crippen molar-refractivity contribution >= 4 is 16.0 Å². The molecule has 0 spiro atoms. The molecule has 1 aliphatic rings. The predicted octanol–water partition coefficient (Wildman–Crippen LogP) is 1.85. The summed E-state index contributed by atoms with van der Waals surface area (Å²) in [5.41, 5.74) is 0. The van der Waals surface area contributed by atoms with Crippen LogP contribution >= 0.6 is 0 Å². The number of rotatable bonds is 7. The molecule has 0 aromatic heterocycles. The van der Waals surface area contributed by atoms with Crippen molar-refractivity contribution in [1.29, 1.82) is 0 Å². The predicted molar refractivity (Wildman–Crippen MR) is 65.6 cm³/mol. The first-order valence-corrected chi connectivity index (χ1v) is 7.97. The Morgan fingerprint density at radius 3 is 2.55 bits per heavy atom. The first-order chi connectivity index (χ1) is 9.10. The van der Waals surface area contributed by atoms with E-state index in [4.69, 9.17) is 5.11 Å². The lowest BCUT2D eigenvalue weighted by atomic mass is 10.0. The lowest BCUT2D eigenvalue weighted by Crippen LogP contribution is -2.31. The van der Waals surface area contributed by atoms with Crippen LogP contribution in [0.4, 0.5) is 13.2 Å². The zero-order valence-corrected chi connectivity index (χ0v) is 11.7. The Morgan fingerprint density at radius 1 is 1.35 bits per heavy atom. The molecule has 0 amide bonds. The second-order valence-electron chi connectivity index (χ2n) is 4.98. The van der Waals surface area contributed by atoms with Gasteiger partial charge in [-0.3, -0.25) is 4.79 Å². The molecule has 1 heterocycles. The van der Waals surface area contributed by atoms with Crippen molar-refractivity contribution in [2.75, 3.05) is 18.8 Å². The van der Waals surface area contributed by atoms with Crippen LogP contribution in [0.15, 0.2) is 0 Å². The Labute approximate surface area is 115 Å².